The predicted octanol–water partition coefficient (Wildman–Crippen LogP) is 4.55. The molecule has 3 aromatic carbocycles. The second kappa shape index (κ2) is 10.0. The fourth-order valence-corrected chi connectivity index (χ4v) is 4.64. The number of hydrogen-bond donors (Lipinski definition) is 2. The number of aromatic nitrogens is 1. The highest BCUT2D eigenvalue weighted by Gasteiger charge is 2.30. The molecule has 0 radical (unpaired) electrons. The summed E-state index contributed by atoms with van der Waals surface area (Å²) in [5.41, 5.74) is 1.42. The molecule has 0 saturated carbocycles. The van der Waals surface area contributed by atoms with Crippen LogP contribution in [0.1, 0.15) is 49.0 Å². The first-order chi connectivity index (χ1) is 17.9. The lowest BCUT2D eigenvalue weighted by Crippen LogP contribution is -2.27. The van der Waals surface area contributed by atoms with Gasteiger partial charge >= 0.3 is 11.9 Å². The van der Waals surface area contributed by atoms with Crippen LogP contribution in [-0.2, 0) is 19.8 Å². The lowest BCUT2D eigenvalue weighted by molar-refractivity contribution is 0.0661. The number of hydrogen-bond acceptors (Lipinski definition) is 5. The molecule has 4 aromatic rings. The number of rotatable bonds is 7. The van der Waals surface area contributed by atoms with E-state index in [-0.39, 0.29) is 19.1 Å². The first-order valence-corrected chi connectivity index (χ1v) is 11.6. The molecule has 1 atom stereocenters. The van der Waals surface area contributed by atoms with E-state index in [1.807, 2.05) is 54.6 Å². The molecule has 0 aliphatic carbocycles. The summed E-state index contributed by atoms with van der Waals surface area (Å²) in [6, 6.07) is 24.0. The summed E-state index contributed by atoms with van der Waals surface area (Å²) in [5.74, 6) is -3.10. The van der Waals surface area contributed by atoms with Crippen LogP contribution in [-0.4, -0.2) is 26.7 Å². The maximum Gasteiger partial charge on any atom is 0.356 e. The number of pyridine rings is 1. The summed E-state index contributed by atoms with van der Waals surface area (Å²) >= 11 is 0. The minimum atomic E-state index is -1.47. The molecule has 8 nitrogen and oxygen atoms in total. The first kappa shape index (κ1) is 23.9. The first-order valence-electron chi connectivity index (χ1n) is 11.6. The minimum Gasteiger partial charge on any atom is -0.489 e. The highest BCUT2D eigenvalue weighted by Crippen LogP contribution is 2.38. The third-order valence-corrected chi connectivity index (χ3v) is 6.38. The molecule has 186 valence electrons. The van der Waals surface area contributed by atoms with Crippen molar-refractivity contribution in [1.82, 2.24) is 4.57 Å². The maximum absolute atomic E-state index is 13.1. The van der Waals surface area contributed by atoms with Gasteiger partial charge in [0.2, 0.25) is 5.43 Å². The summed E-state index contributed by atoms with van der Waals surface area (Å²) in [6.45, 7) is 0.287. The Balaban J connectivity index is 1.66. The Morgan fingerprint density at radius 2 is 1.57 bits per heavy atom. The summed E-state index contributed by atoms with van der Waals surface area (Å²) in [7, 11) is 0. The molecule has 1 aromatic heterocycles. The van der Waals surface area contributed by atoms with E-state index in [1.165, 1.54) is 4.57 Å². The van der Waals surface area contributed by atoms with Crippen molar-refractivity contribution < 1.29 is 29.3 Å². The fraction of sp³-hybridized carbons (Fsp3) is 0.138. The fourth-order valence-electron chi connectivity index (χ4n) is 4.64. The quantitative estimate of drug-likeness (QED) is 0.385. The van der Waals surface area contributed by atoms with E-state index in [4.69, 9.17) is 9.47 Å². The van der Waals surface area contributed by atoms with Gasteiger partial charge in [-0.2, -0.15) is 0 Å². The van der Waals surface area contributed by atoms with Crippen LogP contribution in [0.3, 0.4) is 0 Å². The Morgan fingerprint density at radius 1 is 0.892 bits per heavy atom. The number of carboxylic acid groups (broad SMARTS) is 2. The Labute approximate surface area is 212 Å². The van der Waals surface area contributed by atoms with Crippen LogP contribution in [0, 0.1) is 0 Å². The third-order valence-electron chi connectivity index (χ3n) is 6.38. The van der Waals surface area contributed by atoms with Crippen molar-refractivity contribution in [2.24, 2.45) is 0 Å². The van der Waals surface area contributed by atoms with Gasteiger partial charge in [-0.1, -0.05) is 72.8 Å². The van der Waals surface area contributed by atoms with Gasteiger partial charge in [0.25, 0.3) is 0 Å². The smallest absolute Gasteiger partial charge is 0.356 e. The Hall–Kier alpha value is -4.85. The molecule has 8 heteroatoms. The standard InChI is InChI=1S/C29H23NO7/c31-26-23(28(32)33)15-30(25(29(34)35)27(26)37-16-18-8-2-1-3-9-18)14-22-20-11-5-4-10-19(20)17-36-24-13-7-6-12-21(22)24/h1-13,15,22H,14,16-17H2,(H,32,33)(H,34,35). The lowest BCUT2D eigenvalue weighted by atomic mass is 9.88. The van der Waals surface area contributed by atoms with Crippen LogP contribution in [0.15, 0.2) is 89.9 Å². The molecule has 0 spiro atoms. The van der Waals surface area contributed by atoms with Crippen molar-refractivity contribution in [3.8, 4) is 11.5 Å². The summed E-state index contributed by atoms with van der Waals surface area (Å²) in [4.78, 5) is 37.5. The molecule has 37 heavy (non-hydrogen) atoms. The molecule has 0 saturated heterocycles. The summed E-state index contributed by atoms with van der Waals surface area (Å²) < 4.78 is 13.0. The summed E-state index contributed by atoms with van der Waals surface area (Å²) in [6.07, 6.45) is 1.08. The van der Waals surface area contributed by atoms with E-state index in [0.29, 0.717) is 17.9 Å². The monoisotopic (exact) mass is 497 g/mol. The second-order valence-electron chi connectivity index (χ2n) is 8.66. The number of ether oxygens (including phenoxy) is 2. The number of carboxylic acids is 2. The lowest BCUT2D eigenvalue weighted by Gasteiger charge is -2.23. The molecule has 0 amide bonds. The number of fused-ring (bicyclic) bond motifs is 2. The van der Waals surface area contributed by atoms with Gasteiger partial charge in [-0.15, -0.1) is 0 Å². The van der Waals surface area contributed by atoms with Crippen molar-refractivity contribution in [2.75, 3.05) is 0 Å². The van der Waals surface area contributed by atoms with Crippen LogP contribution in [0.25, 0.3) is 0 Å². The zero-order valence-electron chi connectivity index (χ0n) is 19.7. The van der Waals surface area contributed by atoms with E-state index in [0.717, 1.165) is 22.9 Å². The van der Waals surface area contributed by atoms with Crippen molar-refractivity contribution in [3.05, 3.63) is 129 Å². The van der Waals surface area contributed by atoms with Gasteiger partial charge in [-0.05, 0) is 22.8 Å². The van der Waals surface area contributed by atoms with Crippen LogP contribution < -0.4 is 14.9 Å². The van der Waals surface area contributed by atoms with Crippen LogP contribution in [0.2, 0.25) is 0 Å². The molecule has 2 heterocycles. The highest BCUT2D eigenvalue weighted by molar-refractivity contribution is 5.92. The average molecular weight is 498 g/mol. The van der Waals surface area contributed by atoms with Crippen molar-refractivity contribution in [1.29, 1.82) is 0 Å². The normalized spacial score (nSPS) is 14.0. The Kier molecular flexibility index (Phi) is 6.47. The van der Waals surface area contributed by atoms with Gasteiger partial charge in [-0.25, -0.2) is 9.59 Å². The number of aromatic carboxylic acids is 2. The summed E-state index contributed by atoms with van der Waals surface area (Å²) in [5, 5.41) is 19.9. The van der Waals surface area contributed by atoms with E-state index < -0.39 is 34.4 Å². The van der Waals surface area contributed by atoms with E-state index in [1.54, 1.807) is 24.3 Å². The number of nitrogens with zero attached hydrogens (tertiary/aromatic N) is 1. The topological polar surface area (TPSA) is 115 Å². The zero-order valence-corrected chi connectivity index (χ0v) is 19.7. The number of carbonyl (C=O) groups is 2. The van der Waals surface area contributed by atoms with Crippen LogP contribution in [0.4, 0.5) is 0 Å². The van der Waals surface area contributed by atoms with Crippen LogP contribution in [0.5, 0.6) is 11.5 Å². The van der Waals surface area contributed by atoms with Gasteiger partial charge in [0.15, 0.2) is 11.4 Å². The van der Waals surface area contributed by atoms with Gasteiger partial charge < -0.3 is 24.3 Å². The minimum absolute atomic E-state index is 0.0429. The second-order valence-corrected chi connectivity index (χ2v) is 8.66. The van der Waals surface area contributed by atoms with E-state index in [2.05, 4.69) is 0 Å². The van der Waals surface area contributed by atoms with Crippen LogP contribution >= 0.6 is 0 Å². The van der Waals surface area contributed by atoms with Gasteiger partial charge in [0, 0.05) is 24.2 Å². The number of benzene rings is 3. The molecule has 2 N–H and O–H groups in total. The molecular formula is C29H23NO7. The van der Waals surface area contributed by atoms with Crippen molar-refractivity contribution in [3.63, 3.8) is 0 Å². The predicted molar refractivity (Wildman–Crippen MR) is 134 cm³/mol. The molecular weight excluding hydrogens is 474 g/mol. The molecule has 1 aliphatic rings. The maximum atomic E-state index is 13.1. The van der Waals surface area contributed by atoms with Gasteiger partial charge in [0.1, 0.15) is 24.5 Å². The number of para-hydroxylation sites is 1. The van der Waals surface area contributed by atoms with Gasteiger partial charge in [-0.3, -0.25) is 4.79 Å². The van der Waals surface area contributed by atoms with E-state index >= 15 is 0 Å². The molecule has 0 fully saturated rings. The zero-order chi connectivity index (χ0) is 25.9. The largest absolute Gasteiger partial charge is 0.489 e. The Bertz CT molecular complexity index is 1490. The van der Waals surface area contributed by atoms with Gasteiger partial charge in [0.05, 0.1) is 0 Å². The average Bonchev–Trinajstić information content (AvgIpc) is 3.06. The molecule has 0 bridgehead atoms. The molecule has 1 unspecified atom stereocenters. The van der Waals surface area contributed by atoms with Crippen molar-refractivity contribution >= 4 is 11.9 Å². The molecule has 1 aliphatic heterocycles. The Morgan fingerprint density at radius 3 is 2.30 bits per heavy atom. The highest BCUT2D eigenvalue weighted by atomic mass is 16.5. The molecule has 5 rings (SSSR count). The third kappa shape index (κ3) is 4.69. The van der Waals surface area contributed by atoms with E-state index in [9.17, 15) is 24.6 Å². The SMILES string of the molecule is O=C(O)c1cn(CC2c3ccccc3COc3ccccc32)c(C(=O)O)c(OCc2ccccc2)c1=O. The van der Waals surface area contributed by atoms with Crippen molar-refractivity contribution in [2.45, 2.75) is 25.7 Å².